The zero-order chi connectivity index (χ0) is 10.8. The fraction of sp³-hybridized carbons (Fsp3) is 0.100. The Morgan fingerprint density at radius 2 is 2.27 bits per heavy atom. The smallest absolute Gasteiger partial charge is 0.153 e. The molecular formula is C10H8BrClN2O. The second-order valence-electron chi connectivity index (χ2n) is 3.13. The van der Waals surface area contributed by atoms with E-state index in [0.29, 0.717) is 11.6 Å². The van der Waals surface area contributed by atoms with Gasteiger partial charge in [0, 0.05) is 9.50 Å². The van der Waals surface area contributed by atoms with Gasteiger partial charge >= 0.3 is 0 Å². The number of aromatic nitrogens is 2. The van der Waals surface area contributed by atoms with E-state index in [1.807, 2.05) is 18.2 Å². The fourth-order valence-electron chi connectivity index (χ4n) is 1.28. The maximum Gasteiger partial charge on any atom is 0.153 e. The van der Waals surface area contributed by atoms with Crippen molar-refractivity contribution in [3.8, 4) is 5.75 Å². The van der Waals surface area contributed by atoms with Gasteiger partial charge in [-0.15, -0.1) is 0 Å². The first-order chi connectivity index (χ1) is 7.15. The Balaban J connectivity index is 2.27. The molecule has 1 N–H and O–H groups in total. The van der Waals surface area contributed by atoms with Crippen molar-refractivity contribution in [2.75, 3.05) is 0 Å². The van der Waals surface area contributed by atoms with Crippen molar-refractivity contribution in [2.45, 2.75) is 6.54 Å². The van der Waals surface area contributed by atoms with Crippen LogP contribution in [0.5, 0.6) is 5.75 Å². The van der Waals surface area contributed by atoms with E-state index in [9.17, 15) is 0 Å². The van der Waals surface area contributed by atoms with E-state index in [4.69, 9.17) is 16.7 Å². The first-order valence-corrected chi connectivity index (χ1v) is 5.47. The predicted molar refractivity (Wildman–Crippen MR) is 62.1 cm³/mol. The Morgan fingerprint density at radius 3 is 2.93 bits per heavy atom. The summed E-state index contributed by atoms with van der Waals surface area (Å²) >= 11 is 9.32. The SMILES string of the molecule is Oc1cnn(Cc2cc(Cl)ccc2Br)c1. The van der Waals surface area contributed by atoms with Crippen molar-refractivity contribution < 1.29 is 5.11 Å². The Labute approximate surface area is 100 Å². The molecule has 1 aromatic carbocycles. The molecule has 0 fully saturated rings. The van der Waals surface area contributed by atoms with Gasteiger partial charge in [0.2, 0.25) is 0 Å². The van der Waals surface area contributed by atoms with Crippen molar-refractivity contribution in [3.63, 3.8) is 0 Å². The van der Waals surface area contributed by atoms with Crippen LogP contribution < -0.4 is 0 Å². The summed E-state index contributed by atoms with van der Waals surface area (Å²) in [7, 11) is 0. The van der Waals surface area contributed by atoms with E-state index in [2.05, 4.69) is 21.0 Å². The van der Waals surface area contributed by atoms with E-state index in [1.165, 1.54) is 6.20 Å². The molecule has 0 aliphatic carbocycles. The van der Waals surface area contributed by atoms with Gasteiger partial charge in [-0.25, -0.2) is 0 Å². The summed E-state index contributed by atoms with van der Waals surface area (Å²) < 4.78 is 2.62. The highest BCUT2D eigenvalue weighted by atomic mass is 79.9. The minimum Gasteiger partial charge on any atom is -0.505 e. The summed E-state index contributed by atoms with van der Waals surface area (Å²) in [6.45, 7) is 0.571. The molecule has 0 bridgehead atoms. The summed E-state index contributed by atoms with van der Waals surface area (Å²) in [6, 6.07) is 5.57. The topological polar surface area (TPSA) is 38.1 Å². The molecule has 0 saturated carbocycles. The Morgan fingerprint density at radius 1 is 1.47 bits per heavy atom. The lowest BCUT2D eigenvalue weighted by molar-refractivity contribution is 0.474. The van der Waals surface area contributed by atoms with Crippen LogP contribution in [-0.4, -0.2) is 14.9 Å². The van der Waals surface area contributed by atoms with Crippen LogP contribution in [-0.2, 0) is 6.54 Å². The quantitative estimate of drug-likeness (QED) is 0.922. The number of hydrogen-bond donors (Lipinski definition) is 1. The van der Waals surface area contributed by atoms with Crippen LogP contribution in [0.15, 0.2) is 35.1 Å². The molecule has 1 heterocycles. The average molecular weight is 288 g/mol. The van der Waals surface area contributed by atoms with Crippen molar-refractivity contribution in [1.29, 1.82) is 0 Å². The number of benzene rings is 1. The van der Waals surface area contributed by atoms with Crippen molar-refractivity contribution in [1.82, 2.24) is 9.78 Å². The molecule has 15 heavy (non-hydrogen) atoms. The number of hydrogen-bond acceptors (Lipinski definition) is 2. The number of rotatable bonds is 2. The molecule has 0 amide bonds. The average Bonchev–Trinajstić information content (AvgIpc) is 2.58. The van der Waals surface area contributed by atoms with Crippen molar-refractivity contribution >= 4 is 27.5 Å². The third-order valence-electron chi connectivity index (χ3n) is 1.96. The monoisotopic (exact) mass is 286 g/mol. The highest BCUT2D eigenvalue weighted by Gasteiger charge is 2.03. The fourth-order valence-corrected chi connectivity index (χ4v) is 1.84. The number of aromatic hydroxyl groups is 1. The van der Waals surface area contributed by atoms with Crippen LogP contribution in [0.2, 0.25) is 5.02 Å². The van der Waals surface area contributed by atoms with Crippen LogP contribution in [0.3, 0.4) is 0 Å². The van der Waals surface area contributed by atoms with E-state index in [0.717, 1.165) is 10.0 Å². The largest absolute Gasteiger partial charge is 0.505 e. The van der Waals surface area contributed by atoms with Gasteiger partial charge < -0.3 is 5.11 Å². The Kier molecular flexibility index (Phi) is 2.98. The van der Waals surface area contributed by atoms with E-state index >= 15 is 0 Å². The molecule has 1 aromatic heterocycles. The second kappa shape index (κ2) is 4.24. The summed E-state index contributed by atoms with van der Waals surface area (Å²) in [5.74, 6) is 0.160. The third-order valence-corrected chi connectivity index (χ3v) is 2.97. The van der Waals surface area contributed by atoms with Gasteiger partial charge in [0.1, 0.15) is 0 Å². The van der Waals surface area contributed by atoms with Gasteiger partial charge in [0.15, 0.2) is 5.75 Å². The van der Waals surface area contributed by atoms with Gasteiger partial charge in [-0.1, -0.05) is 27.5 Å². The van der Waals surface area contributed by atoms with Crippen LogP contribution >= 0.6 is 27.5 Å². The van der Waals surface area contributed by atoms with Gasteiger partial charge in [-0.2, -0.15) is 5.10 Å². The van der Waals surface area contributed by atoms with Gasteiger partial charge in [-0.05, 0) is 23.8 Å². The zero-order valence-corrected chi connectivity index (χ0v) is 10.0. The molecule has 0 spiro atoms. The summed E-state index contributed by atoms with van der Waals surface area (Å²) in [6.07, 6.45) is 2.96. The van der Waals surface area contributed by atoms with E-state index in [1.54, 1.807) is 10.9 Å². The molecule has 5 heteroatoms. The third kappa shape index (κ3) is 2.52. The van der Waals surface area contributed by atoms with Crippen LogP contribution in [0.1, 0.15) is 5.56 Å². The minimum absolute atomic E-state index is 0.160. The van der Waals surface area contributed by atoms with Crippen molar-refractivity contribution in [2.24, 2.45) is 0 Å². The van der Waals surface area contributed by atoms with Crippen LogP contribution in [0, 0.1) is 0 Å². The van der Waals surface area contributed by atoms with Gasteiger partial charge in [0.05, 0.1) is 18.9 Å². The Bertz CT molecular complexity index is 484. The van der Waals surface area contributed by atoms with Crippen LogP contribution in [0.25, 0.3) is 0 Å². The lowest BCUT2D eigenvalue weighted by atomic mass is 10.2. The highest BCUT2D eigenvalue weighted by molar-refractivity contribution is 9.10. The molecule has 0 aliphatic heterocycles. The normalized spacial score (nSPS) is 10.5. The minimum atomic E-state index is 0.160. The molecule has 0 radical (unpaired) electrons. The lowest BCUT2D eigenvalue weighted by Crippen LogP contribution is -2.00. The lowest BCUT2D eigenvalue weighted by Gasteiger charge is -2.04. The first-order valence-electron chi connectivity index (χ1n) is 4.30. The van der Waals surface area contributed by atoms with Gasteiger partial charge in [-0.3, -0.25) is 4.68 Å². The van der Waals surface area contributed by atoms with Crippen molar-refractivity contribution in [3.05, 3.63) is 45.7 Å². The molecular weight excluding hydrogens is 279 g/mol. The van der Waals surface area contributed by atoms with Crippen LogP contribution in [0.4, 0.5) is 0 Å². The molecule has 0 aliphatic rings. The molecule has 0 atom stereocenters. The summed E-state index contributed by atoms with van der Waals surface area (Å²) in [5, 5.41) is 13.8. The summed E-state index contributed by atoms with van der Waals surface area (Å²) in [5.41, 5.74) is 1.02. The summed E-state index contributed by atoms with van der Waals surface area (Å²) in [4.78, 5) is 0. The second-order valence-corrected chi connectivity index (χ2v) is 4.42. The standard InChI is InChI=1S/C10H8BrClN2O/c11-10-2-1-8(12)3-7(10)5-14-6-9(15)4-13-14/h1-4,6,15H,5H2. The maximum atomic E-state index is 9.13. The maximum absolute atomic E-state index is 9.13. The zero-order valence-electron chi connectivity index (χ0n) is 7.69. The Hall–Kier alpha value is -1.000. The number of nitrogens with zero attached hydrogens (tertiary/aromatic N) is 2. The molecule has 0 saturated heterocycles. The highest BCUT2D eigenvalue weighted by Crippen LogP contribution is 2.22. The predicted octanol–water partition coefficient (Wildman–Crippen LogP) is 3.05. The van der Waals surface area contributed by atoms with E-state index in [-0.39, 0.29) is 5.75 Å². The first kappa shape index (κ1) is 10.5. The molecule has 2 rings (SSSR count). The van der Waals surface area contributed by atoms with Gasteiger partial charge in [0.25, 0.3) is 0 Å². The number of halogens is 2. The van der Waals surface area contributed by atoms with E-state index < -0.39 is 0 Å². The molecule has 3 nitrogen and oxygen atoms in total. The molecule has 78 valence electrons. The molecule has 0 unspecified atom stereocenters. The molecule has 2 aromatic rings.